The highest BCUT2D eigenvalue weighted by Crippen LogP contribution is 2.27. The smallest absolute Gasteiger partial charge is 0.105 e. The fraction of sp³-hybridized carbons (Fsp3) is 0.462. The Morgan fingerprint density at radius 3 is 2.42 bits per heavy atom. The van der Waals surface area contributed by atoms with Crippen molar-refractivity contribution in [1.29, 1.82) is 5.26 Å². The van der Waals surface area contributed by atoms with Crippen LogP contribution in [0.1, 0.15) is 34.8 Å². The quantitative estimate of drug-likeness (QED) is 0.481. The maximum atomic E-state index is 10.1. The summed E-state index contributed by atoms with van der Waals surface area (Å²) in [5.74, 6) is 0. The van der Waals surface area contributed by atoms with Crippen LogP contribution in [0.15, 0.2) is 17.2 Å². The number of aliphatic hydroxyl groups excluding tert-OH is 2. The highest BCUT2D eigenvalue weighted by molar-refractivity contribution is 5.44. The molecule has 19 heavy (non-hydrogen) atoms. The Kier molecular flexibility index (Phi) is 5.34. The number of aryl methyl sites for hydroxylation is 2. The number of nitrogens with zero attached hydrogens (tertiary/aromatic N) is 4. The predicted octanol–water partition coefficient (Wildman–Crippen LogP) is 2.27. The molecule has 0 spiro atoms. The van der Waals surface area contributed by atoms with Gasteiger partial charge in [-0.15, -0.1) is 0 Å². The number of benzene rings is 1. The summed E-state index contributed by atoms with van der Waals surface area (Å²) in [6.45, 7) is 3.70. The Morgan fingerprint density at radius 1 is 1.37 bits per heavy atom. The van der Waals surface area contributed by atoms with Crippen molar-refractivity contribution in [3.05, 3.63) is 44.8 Å². The first-order valence-electron chi connectivity index (χ1n) is 5.89. The monoisotopic (exact) mass is 260 g/mol. The fourth-order valence-corrected chi connectivity index (χ4v) is 2.09. The molecule has 0 heterocycles. The second-order valence-electron chi connectivity index (χ2n) is 4.39. The topological polar surface area (TPSA) is 113 Å². The molecule has 1 aromatic carbocycles. The van der Waals surface area contributed by atoms with Crippen molar-refractivity contribution >= 4 is 0 Å². The lowest BCUT2D eigenvalue weighted by Crippen LogP contribution is -2.21. The van der Waals surface area contributed by atoms with E-state index in [4.69, 9.17) is 10.8 Å². The molecule has 0 radical (unpaired) electrons. The first-order chi connectivity index (χ1) is 9.01. The average molecular weight is 260 g/mol. The van der Waals surface area contributed by atoms with Gasteiger partial charge in [-0.05, 0) is 54.6 Å². The summed E-state index contributed by atoms with van der Waals surface area (Å²) in [5.41, 5.74) is 10.8. The van der Waals surface area contributed by atoms with Crippen molar-refractivity contribution in [3.8, 4) is 6.07 Å². The molecule has 2 N–H and O–H groups in total. The first-order valence-corrected chi connectivity index (χ1v) is 5.89. The third-order valence-corrected chi connectivity index (χ3v) is 2.97. The molecule has 0 aliphatic rings. The number of nitriles is 1. The summed E-state index contributed by atoms with van der Waals surface area (Å²) in [4.78, 5) is 2.59. The molecule has 6 nitrogen and oxygen atoms in total. The number of aliphatic hydroxyl groups is 2. The molecule has 100 valence electrons. The van der Waals surface area contributed by atoms with Gasteiger partial charge in [-0.1, -0.05) is 5.11 Å². The lowest BCUT2D eigenvalue weighted by molar-refractivity contribution is 0.0143. The van der Waals surface area contributed by atoms with Crippen molar-refractivity contribution < 1.29 is 10.2 Å². The van der Waals surface area contributed by atoms with Gasteiger partial charge in [0, 0.05) is 11.5 Å². The van der Waals surface area contributed by atoms with Crippen LogP contribution in [0.5, 0.6) is 0 Å². The van der Waals surface area contributed by atoms with Crippen LogP contribution >= 0.6 is 0 Å². The zero-order chi connectivity index (χ0) is 14.4. The zero-order valence-corrected chi connectivity index (χ0v) is 10.9. The van der Waals surface area contributed by atoms with Gasteiger partial charge in [0.2, 0.25) is 0 Å². The fourth-order valence-electron chi connectivity index (χ4n) is 2.09. The molecule has 6 heteroatoms. The van der Waals surface area contributed by atoms with Gasteiger partial charge in [0.15, 0.2) is 0 Å². The second-order valence-corrected chi connectivity index (χ2v) is 4.39. The largest absolute Gasteiger partial charge is 0.390 e. The van der Waals surface area contributed by atoms with Crippen molar-refractivity contribution in [1.82, 2.24) is 0 Å². The molecule has 0 aromatic heterocycles. The van der Waals surface area contributed by atoms with E-state index < -0.39 is 12.2 Å². The van der Waals surface area contributed by atoms with Crippen molar-refractivity contribution in [2.75, 3.05) is 6.54 Å². The van der Waals surface area contributed by atoms with Gasteiger partial charge in [0.05, 0.1) is 17.7 Å². The van der Waals surface area contributed by atoms with Crippen molar-refractivity contribution in [3.63, 3.8) is 0 Å². The zero-order valence-electron chi connectivity index (χ0n) is 10.9. The van der Waals surface area contributed by atoms with E-state index in [1.807, 2.05) is 6.07 Å². The molecule has 2 atom stereocenters. The molecule has 0 aliphatic heterocycles. The van der Waals surface area contributed by atoms with Gasteiger partial charge in [0.1, 0.15) is 6.10 Å². The number of rotatable bonds is 5. The van der Waals surface area contributed by atoms with Gasteiger partial charge in [0.25, 0.3) is 0 Å². The summed E-state index contributed by atoms with van der Waals surface area (Å²) in [6.07, 6.45) is -1.87. The highest BCUT2D eigenvalue weighted by atomic mass is 16.3. The van der Waals surface area contributed by atoms with Crippen LogP contribution in [0, 0.1) is 25.2 Å². The Balaban J connectivity index is 2.96. The SMILES string of the molecule is Cc1cc(C#N)cc(C)c1C(O)C(O)CCN=[N+]=[N-]. The van der Waals surface area contributed by atoms with Crippen LogP contribution in [-0.4, -0.2) is 22.9 Å². The molecule has 1 aromatic rings. The average Bonchev–Trinajstić information content (AvgIpc) is 2.37. The molecule has 2 unspecified atom stereocenters. The molecule has 0 aliphatic carbocycles. The van der Waals surface area contributed by atoms with E-state index >= 15 is 0 Å². The van der Waals surface area contributed by atoms with Crippen LogP contribution < -0.4 is 0 Å². The maximum absolute atomic E-state index is 10.1. The van der Waals surface area contributed by atoms with E-state index in [0.717, 1.165) is 11.1 Å². The van der Waals surface area contributed by atoms with E-state index in [2.05, 4.69) is 10.0 Å². The molecule has 0 fully saturated rings. The Hall–Kier alpha value is -2.06. The van der Waals surface area contributed by atoms with E-state index in [-0.39, 0.29) is 13.0 Å². The minimum Gasteiger partial charge on any atom is -0.390 e. The van der Waals surface area contributed by atoms with Crippen LogP contribution in [0.2, 0.25) is 0 Å². The molecular formula is C13H16N4O2. The normalized spacial score (nSPS) is 13.2. The number of azide groups is 1. The molecule has 1 rings (SSSR count). The van der Waals surface area contributed by atoms with Crippen LogP contribution in [0.3, 0.4) is 0 Å². The van der Waals surface area contributed by atoms with Gasteiger partial charge in [-0.2, -0.15) is 5.26 Å². The minimum absolute atomic E-state index is 0.128. The van der Waals surface area contributed by atoms with Crippen molar-refractivity contribution in [2.45, 2.75) is 32.5 Å². The summed E-state index contributed by atoms with van der Waals surface area (Å²) in [6, 6.07) is 5.39. The molecule has 0 amide bonds. The van der Waals surface area contributed by atoms with Crippen LogP contribution in [0.4, 0.5) is 0 Å². The second kappa shape index (κ2) is 6.76. The molecule has 0 saturated carbocycles. The van der Waals surface area contributed by atoms with Crippen molar-refractivity contribution in [2.24, 2.45) is 5.11 Å². The van der Waals surface area contributed by atoms with E-state index in [1.165, 1.54) is 0 Å². The van der Waals surface area contributed by atoms with E-state index in [0.29, 0.717) is 11.1 Å². The third-order valence-electron chi connectivity index (χ3n) is 2.97. The molecule has 0 bridgehead atoms. The van der Waals surface area contributed by atoms with E-state index in [1.54, 1.807) is 26.0 Å². The number of hydrogen-bond donors (Lipinski definition) is 2. The summed E-state index contributed by atoms with van der Waals surface area (Å²) in [7, 11) is 0. The first kappa shape index (κ1) is 15.0. The van der Waals surface area contributed by atoms with E-state index in [9.17, 15) is 10.2 Å². The highest BCUT2D eigenvalue weighted by Gasteiger charge is 2.21. The van der Waals surface area contributed by atoms with Crippen LogP contribution in [-0.2, 0) is 0 Å². The summed E-state index contributed by atoms with van der Waals surface area (Å²) >= 11 is 0. The Bertz CT molecular complexity index is 521. The standard InChI is InChI=1S/C13H16N4O2/c1-8-5-10(7-14)6-9(2)12(8)13(19)11(18)3-4-16-17-15/h5-6,11,13,18-19H,3-4H2,1-2H3. The third kappa shape index (κ3) is 3.70. The number of hydrogen-bond acceptors (Lipinski definition) is 4. The molecular weight excluding hydrogens is 244 g/mol. The lowest BCUT2D eigenvalue weighted by Gasteiger charge is -2.21. The predicted molar refractivity (Wildman–Crippen MR) is 70.2 cm³/mol. The van der Waals surface area contributed by atoms with Crippen LogP contribution in [0.25, 0.3) is 10.4 Å². The van der Waals surface area contributed by atoms with Gasteiger partial charge < -0.3 is 10.2 Å². The maximum Gasteiger partial charge on any atom is 0.105 e. The van der Waals surface area contributed by atoms with Gasteiger partial charge >= 0.3 is 0 Å². The lowest BCUT2D eigenvalue weighted by atomic mass is 9.92. The van der Waals surface area contributed by atoms with Gasteiger partial charge in [-0.25, -0.2) is 0 Å². The summed E-state index contributed by atoms with van der Waals surface area (Å²) < 4.78 is 0. The Labute approximate surface area is 111 Å². The minimum atomic E-state index is -1.05. The van der Waals surface area contributed by atoms with Gasteiger partial charge in [-0.3, -0.25) is 0 Å². The Morgan fingerprint density at radius 2 is 1.95 bits per heavy atom. The summed E-state index contributed by atoms with van der Waals surface area (Å²) in [5, 5.41) is 32.2. The molecule has 0 saturated heterocycles.